The van der Waals surface area contributed by atoms with Gasteiger partial charge in [-0.25, -0.2) is 0 Å². The monoisotopic (exact) mass is 299 g/mol. The molecule has 19 heavy (non-hydrogen) atoms. The smallest absolute Gasteiger partial charge is 0.314 e. The maximum atomic E-state index is 12.5. The van der Waals surface area contributed by atoms with Crippen LogP contribution in [0.3, 0.4) is 0 Å². The van der Waals surface area contributed by atoms with Crippen molar-refractivity contribution in [2.45, 2.75) is 12.6 Å². The average molecular weight is 299 g/mol. The summed E-state index contributed by atoms with van der Waals surface area (Å²) in [6.07, 6.45) is -3.68. The molecule has 1 saturated heterocycles. The van der Waals surface area contributed by atoms with Gasteiger partial charge < -0.3 is 5.32 Å². The zero-order chi connectivity index (χ0) is 14.1. The van der Waals surface area contributed by atoms with Crippen LogP contribution in [0.2, 0.25) is 0 Å². The number of hydrogen-bond donors (Lipinski definition) is 1. The molecule has 0 aromatic rings. The average Bonchev–Trinajstić information content (AvgIpc) is 2.39. The summed E-state index contributed by atoms with van der Waals surface area (Å²) in [5.41, 5.74) is -0.640. The lowest BCUT2D eigenvalue weighted by Gasteiger charge is -2.34. The Labute approximate surface area is 110 Å². The highest BCUT2D eigenvalue weighted by Gasteiger charge is 2.38. The van der Waals surface area contributed by atoms with E-state index in [9.17, 15) is 21.6 Å². The van der Waals surface area contributed by atoms with Crippen LogP contribution in [-0.4, -0.2) is 62.5 Å². The van der Waals surface area contributed by atoms with E-state index in [0.717, 1.165) is 10.4 Å². The zero-order valence-electron chi connectivity index (χ0n) is 10.3. The molecule has 0 amide bonds. The third kappa shape index (κ3) is 3.28. The molecule has 1 fully saturated rings. The molecule has 0 atom stereocenters. The van der Waals surface area contributed by atoms with E-state index in [1.807, 2.05) is 0 Å². The minimum absolute atomic E-state index is 0.113. The Morgan fingerprint density at radius 1 is 1.11 bits per heavy atom. The minimum Gasteiger partial charge on any atom is -0.314 e. The van der Waals surface area contributed by atoms with Gasteiger partial charge in [0.25, 0.3) is 10.2 Å². The molecule has 2 aliphatic heterocycles. The SMILES string of the molecule is O=S(=O)(N1CC=C(C(F)(F)F)CC1)N1CCNCC1. The number of nitrogens with zero attached hydrogens (tertiary/aromatic N) is 2. The van der Waals surface area contributed by atoms with Gasteiger partial charge in [0, 0.05) is 44.8 Å². The second-order valence-corrected chi connectivity index (χ2v) is 6.42. The molecule has 9 heteroatoms. The lowest BCUT2D eigenvalue weighted by Crippen LogP contribution is -2.52. The van der Waals surface area contributed by atoms with E-state index in [-0.39, 0.29) is 19.5 Å². The number of halogens is 3. The zero-order valence-corrected chi connectivity index (χ0v) is 11.1. The van der Waals surface area contributed by atoms with Crippen molar-refractivity contribution in [3.63, 3.8) is 0 Å². The van der Waals surface area contributed by atoms with Crippen molar-refractivity contribution < 1.29 is 21.6 Å². The molecule has 0 aliphatic carbocycles. The summed E-state index contributed by atoms with van der Waals surface area (Å²) >= 11 is 0. The summed E-state index contributed by atoms with van der Waals surface area (Å²) in [7, 11) is -3.64. The molecule has 0 unspecified atom stereocenters. The van der Waals surface area contributed by atoms with Gasteiger partial charge in [-0.2, -0.15) is 30.2 Å². The first-order chi connectivity index (χ1) is 8.82. The van der Waals surface area contributed by atoms with Crippen molar-refractivity contribution in [1.82, 2.24) is 13.9 Å². The Hall–Kier alpha value is -0.640. The second-order valence-electron chi connectivity index (χ2n) is 4.49. The van der Waals surface area contributed by atoms with Crippen molar-refractivity contribution in [3.8, 4) is 0 Å². The largest absolute Gasteiger partial charge is 0.412 e. The Bertz CT molecular complexity index is 455. The van der Waals surface area contributed by atoms with Crippen molar-refractivity contribution in [1.29, 1.82) is 0 Å². The van der Waals surface area contributed by atoms with Crippen LogP contribution in [0.15, 0.2) is 11.6 Å². The molecular formula is C10H16F3N3O2S. The number of nitrogens with one attached hydrogen (secondary N) is 1. The number of hydrogen-bond acceptors (Lipinski definition) is 3. The van der Waals surface area contributed by atoms with Gasteiger partial charge in [-0.1, -0.05) is 6.08 Å². The molecule has 110 valence electrons. The lowest BCUT2D eigenvalue weighted by atomic mass is 10.1. The van der Waals surface area contributed by atoms with Crippen LogP contribution in [0, 0.1) is 0 Å². The lowest BCUT2D eigenvalue weighted by molar-refractivity contribution is -0.0954. The van der Waals surface area contributed by atoms with Gasteiger partial charge in [0.05, 0.1) is 0 Å². The quantitative estimate of drug-likeness (QED) is 0.748. The Morgan fingerprint density at radius 2 is 1.74 bits per heavy atom. The fraction of sp³-hybridized carbons (Fsp3) is 0.800. The van der Waals surface area contributed by atoms with Crippen LogP contribution in [-0.2, 0) is 10.2 Å². The molecule has 2 heterocycles. The van der Waals surface area contributed by atoms with Gasteiger partial charge in [-0.15, -0.1) is 0 Å². The van der Waals surface area contributed by atoms with Crippen molar-refractivity contribution in [2.24, 2.45) is 0 Å². The van der Waals surface area contributed by atoms with Gasteiger partial charge in [0.1, 0.15) is 0 Å². The highest BCUT2D eigenvalue weighted by atomic mass is 32.2. The Morgan fingerprint density at radius 3 is 2.21 bits per heavy atom. The van der Waals surface area contributed by atoms with Crippen LogP contribution in [0.5, 0.6) is 0 Å². The van der Waals surface area contributed by atoms with Crippen LogP contribution < -0.4 is 5.32 Å². The van der Waals surface area contributed by atoms with E-state index >= 15 is 0 Å². The van der Waals surface area contributed by atoms with E-state index in [2.05, 4.69) is 5.32 Å². The molecule has 0 saturated carbocycles. The predicted octanol–water partition coefficient (Wildman–Crippen LogP) is 0.331. The molecule has 5 nitrogen and oxygen atoms in total. The van der Waals surface area contributed by atoms with E-state index < -0.39 is 22.0 Å². The van der Waals surface area contributed by atoms with Crippen LogP contribution in [0.4, 0.5) is 13.2 Å². The standard InChI is InChI=1S/C10H16F3N3O2S/c11-10(12,13)9-1-5-15(6-2-9)19(17,18)16-7-3-14-4-8-16/h1,14H,2-8H2. The third-order valence-electron chi connectivity index (χ3n) is 3.26. The van der Waals surface area contributed by atoms with Gasteiger partial charge in [0.15, 0.2) is 0 Å². The van der Waals surface area contributed by atoms with Crippen LogP contribution in [0.1, 0.15) is 6.42 Å². The van der Waals surface area contributed by atoms with Crippen molar-refractivity contribution in [3.05, 3.63) is 11.6 Å². The predicted molar refractivity (Wildman–Crippen MR) is 63.7 cm³/mol. The highest BCUT2D eigenvalue weighted by Crippen LogP contribution is 2.31. The fourth-order valence-electron chi connectivity index (χ4n) is 2.16. The summed E-state index contributed by atoms with van der Waals surface area (Å²) < 4.78 is 64.2. The topological polar surface area (TPSA) is 52.7 Å². The Kier molecular flexibility index (Phi) is 4.19. The highest BCUT2D eigenvalue weighted by molar-refractivity contribution is 7.86. The fourth-order valence-corrected chi connectivity index (χ4v) is 3.71. The number of rotatable bonds is 2. The van der Waals surface area contributed by atoms with Gasteiger partial charge >= 0.3 is 6.18 Å². The minimum atomic E-state index is -4.36. The molecular weight excluding hydrogens is 283 g/mol. The summed E-state index contributed by atoms with van der Waals surface area (Å²) in [4.78, 5) is 0. The summed E-state index contributed by atoms with van der Waals surface area (Å²) in [6, 6.07) is 0. The first kappa shape index (κ1) is 14.8. The van der Waals surface area contributed by atoms with E-state index in [1.165, 1.54) is 4.31 Å². The molecule has 0 aromatic heterocycles. The van der Waals surface area contributed by atoms with E-state index in [1.54, 1.807) is 0 Å². The summed E-state index contributed by atoms with van der Waals surface area (Å²) in [5, 5.41) is 3.03. The summed E-state index contributed by atoms with van der Waals surface area (Å²) in [6.45, 7) is 1.52. The van der Waals surface area contributed by atoms with Crippen LogP contribution >= 0.6 is 0 Å². The normalized spacial score (nSPS) is 24.3. The van der Waals surface area contributed by atoms with Crippen molar-refractivity contribution in [2.75, 3.05) is 39.3 Å². The Balaban J connectivity index is 2.06. The molecule has 0 radical (unpaired) electrons. The molecule has 2 aliphatic rings. The maximum absolute atomic E-state index is 12.5. The molecule has 0 aromatic carbocycles. The van der Waals surface area contributed by atoms with E-state index in [4.69, 9.17) is 0 Å². The van der Waals surface area contributed by atoms with Gasteiger partial charge in [-0.05, 0) is 6.42 Å². The van der Waals surface area contributed by atoms with E-state index in [0.29, 0.717) is 26.2 Å². The third-order valence-corrected chi connectivity index (χ3v) is 5.27. The first-order valence-corrected chi connectivity index (χ1v) is 7.43. The molecule has 0 bridgehead atoms. The van der Waals surface area contributed by atoms with Crippen molar-refractivity contribution >= 4 is 10.2 Å². The maximum Gasteiger partial charge on any atom is 0.412 e. The molecule has 2 rings (SSSR count). The number of alkyl halides is 3. The first-order valence-electron chi connectivity index (χ1n) is 6.04. The number of piperazine rings is 1. The second kappa shape index (κ2) is 5.39. The summed E-state index contributed by atoms with van der Waals surface area (Å²) in [5.74, 6) is 0. The van der Waals surface area contributed by atoms with Gasteiger partial charge in [-0.3, -0.25) is 0 Å². The van der Waals surface area contributed by atoms with Gasteiger partial charge in [0.2, 0.25) is 0 Å². The molecule has 0 spiro atoms. The molecule has 1 N–H and O–H groups in total. The van der Waals surface area contributed by atoms with Crippen LogP contribution in [0.25, 0.3) is 0 Å².